The van der Waals surface area contributed by atoms with Gasteiger partial charge in [-0.15, -0.1) is 0 Å². The number of rotatable bonds is 3. The van der Waals surface area contributed by atoms with Crippen molar-refractivity contribution in [3.8, 4) is 0 Å². The molecule has 0 amide bonds. The molecule has 0 rings (SSSR count). The molecule has 1 atom stereocenters. The smallest absolute Gasteiger partial charge is 0.139 e. The van der Waals surface area contributed by atoms with Crippen molar-refractivity contribution in [3.63, 3.8) is 0 Å². The van der Waals surface area contributed by atoms with Gasteiger partial charge in [-0.2, -0.15) is 0 Å². The van der Waals surface area contributed by atoms with E-state index in [2.05, 4.69) is 5.32 Å². The molecule has 3 heteroatoms. The van der Waals surface area contributed by atoms with Gasteiger partial charge in [-0.05, 0) is 20.8 Å². The normalized spacial score (nSPS) is 14.8. The Morgan fingerprint density at radius 1 is 1.60 bits per heavy atom. The van der Waals surface area contributed by atoms with Crippen molar-refractivity contribution in [1.29, 1.82) is 0 Å². The molecule has 60 valence electrons. The van der Waals surface area contributed by atoms with Crippen LogP contribution in [0.25, 0.3) is 0 Å². The Bertz CT molecular complexity index is 107. The Balaban J connectivity index is 3.74. The number of carbonyl (C=O) groups is 1. The minimum absolute atomic E-state index is 0.117. The predicted molar refractivity (Wildman–Crippen MR) is 39.8 cm³/mol. The molecule has 0 heterocycles. The zero-order chi connectivity index (χ0) is 8.20. The average molecular weight is 145 g/mol. The number of aliphatic hydroxyl groups is 1. The Kier molecular flexibility index (Phi) is 3.53. The maximum absolute atomic E-state index is 10.2. The number of carbonyl (C=O) groups excluding carboxylic acids is 1. The highest BCUT2D eigenvalue weighted by Crippen LogP contribution is 1.99. The molecular weight excluding hydrogens is 130 g/mol. The van der Waals surface area contributed by atoms with Gasteiger partial charge >= 0.3 is 0 Å². The van der Waals surface area contributed by atoms with Gasteiger partial charge in [0.05, 0.1) is 12.6 Å². The van der Waals surface area contributed by atoms with E-state index < -0.39 is 6.04 Å². The molecule has 0 aliphatic carbocycles. The fourth-order valence-electron chi connectivity index (χ4n) is 0.679. The molecule has 0 spiro atoms. The third kappa shape index (κ3) is 4.47. The molecule has 0 saturated carbocycles. The maximum Gasteiger partial charge on any atom is 0.139 e. The molecule has 0 bridgehead atoms. The molecule has 0 aromatic rings. The van der Waals surface area contributed by atoms with Gasteiger partial charge in [0.2, 0.25) is 0 Å². The Morgan fingerprint density at radius 3 is 2.20 bits per heavy atom. The molecule has 0 radical (unpaired) electrons. The van der Waals surface area contributed by atoms with E-state index in [1.807, 2.05) is 20.8 Å². The van der Waals surface area contributed by atoms with Gasteiger partial charge < -0.3 is 15.2 Å². The first kappa shape index (κ1) is 9.59. The monoisotopic (exact) mass is 145 g/mol. The second-order valence-corrected chi connectivity index (χ2v) is 3.32. The number of nitrogens with one attached hydrogen (secondary N) is 1. The molecule has 0 aromatic carbocycles. The third-order valence-corrected chi connectivity index (χ3v) is 0.979. The lowest BCUT2D eigenvalue weighted by Gasteiger charge is -2.23. The highest BCUT2D eigenvalue weighted by molar-refractivity contribution is 5.57. The molecule has 0 aliphatic rings. The molecule has 0 unspecified atom stereocenters. The standard InChI is InChI=1S/C7H15NO2/c1-7(2,3)8-6(4-9)5-10/h4,6,8,10H,5H2,1-3H3/t6-/m1/s1. The lowest BCUT2D eigenvalue weighted by Crippen LogP contribution is -2.46. The van der Waals surface area contributed by atoms with E-state index >= 15 is 0 Å². The quantitative estimate of drug-likeness (QED) is 0.547. The van der Waals surface area contributed by atoms with Crippen LogP contribution in [0.2, 0.25) is 0 Å². The number of hydrogen-bond acceptors (Lipinski definition) is 3. The van der Waals surface area contributed by atoms with E-state index in [1.54, 1.807) is 0 Å². The van der Waals surface area contributed by atoms with Crippen molar-refractivity contribution < 1.29 is 9.90 Å². The highest BCUT2D eigenvalue weighted by Gasteiger charge is 2.14. The van der Waals surface area contributed by atoms with Crippen LogP contribution in [0.1, 0.15) is 20.8 Å². The number of hydrogen-bond donors (Lipinski definition) is 2. The van der Waals surface area contributed by atoms with Crippen LogP contribution in [-0.4, -0.2) is 29.6 Å². The van der Waals surface area contributed by atoms with Gasteiger partial charge in [-0.1, -0.05) is 0 Å². The summed E-state index contributed by atoms with van der Waals surface area (Å²) in [5, 5.41) is 11.5. The molecule has 2 N–H and O–H groups in total. The summed E-state index contributed by atoms with van der Waals surface area (Å²) in [4.78, 5) is 10.2. The minimum atomic E-state index is -0.431. The van der Waals surface area contributed by atoms with E-state index in [0.717, 1.165) is 0 Å². The average Bonchev–Trinajstić information content (AvgIpc) is 1.81. The van der Waals surface area contributed by atoms with Crippen molar-refractivity contribution >= 4 is 6.29 Å². The van der Waals surface area contributed by atoms with Crippen molar-refractivity contribution in [2.75, 3.05) is 6.61 Å². The summed E-state index contributed by atoms with van der Waals surface area (Å²) in [7, 11) is 0. The first-order valence-corrected chi connectivity index (χ1v) is 3.33. The molecule has 0 saturated heterocycles. The third-order valence-electron chi connectivity index (χ3n) is 0.979. The summed E-state index contributed by atoms with van der Waals surface area (Å²) in [6.07, 6.45) is 0.714. The summed E-state index contributed by atoms with van der Waals surface area (Å²) in [6.45, 7) is 5.69. The first-order valence-electron chi connectivity index (χ1n) is 3.33. The minimum Gasteiger partial charge on any atom is -0.394 e. The maximum atomic E-state index is 10.2. The summed E-state index contributed by atoms with van der Waals surface area (Å²) in [5.74, 6) is 0. The fourth-order valence-corrected chi connectivity index (χ4v) is 0.679. The van der Waals surface area contributed by atoms with E-state index in [4.69, 9.17) is 5.11 Å². The van der Waals surface area contributed by atoms with Crippen molar-refractivity contribution in [3.05, 3.63) is 0 Å². The van der Waals surface area contributed by atoms with Crippen LogP contribution in [0.3, 0.4) is 0 Å². The zero-order valence-electron chi connectivity index (χ0n) is 6.72. The highest BCUT2D eigenvalue weighted by atomic mass is 16.3. The SMILES string of the molecule is CC(C)(C)N[C@H](C=O)CO. The summed E-state index contributed by atoms with van der Waals surface area (Å²) in [6, 6.07) is -0.431. The van der Waals surface area contributed by atoms with Crippen molar-refractivity contribution in [2.24, 2.45) is 0 Å². The number of aldehydes is 1. The van der Waals surface area contributed by atoms with E-state index in [9.17, 15) is 4.79 Å². The molecule has 0 aliphatic heterocycles. The number of aliphatic hydroxyl groups excluding tert-OH is 1. The molecular formula is C7H15NO2. The topological polar surface area (TPSA) is 49.3 Å². The van der Waals surface area contributed by atoms with Crippen LogP contribution in [0, 0.1) is 0 Å². The van der Waals surface area contributed by atoms with Gasteiger partial charge in [0.15, 0.2) is 0 Å². The lowest BCUT2D eigenvalue weighted by atomic mass is 10.1. The van der Waals surface area contributed by atoms with Crippen LogP contribution < -0.4 is 5.32 Å². The Hall–Kier alpha value is -0.410. The van der Waals surface area contributed by atoms with Gasteiger partial charge in [0.1, 0.15) is 6.29 Å². The largest absolute Gasteiger partial charge is 0.394 e. The van der Waals surface area contributed by atoms with Gasteiger partial charge in [-0.3, -0.25) is 0 Å². The van der Waals surface area contributed by atoms with Crippen LogP contribution in [0.4, 0.5) is 0 Å². The predicted octanol–water partition coefficient (Wildman–Crippen LogP) is -0.0657. The second-order valence-electron chi connectivity index (χ2n) is 3.32. The second kappa shape index (κ2) is 3.68. The van der Waals surface area contributed by atoms with Crippen LogP contribution in [0.15, 0.2) is 0 Å². The first-order chi connectivity index (χ1) is 4.49. The molecule has 10 heavy (non-hydrogen) atoms. The molecule has 0 aromatic heterocycles. The summed E-state index contributed by atoms with van der Waals surface area (Å²) < 4.78 is 0. The zero-order valence-corrected chi connectivity index (χ0v) is 6.72. The van der Waals surface area contributed by atoms with Crippen LogP contribution >= 0.6 is 0 Å². The van der Waals surface area contributed by atoms with E-state index in [0.29, 0.717) is 6.29 Å². The molecule has 3 nitrogen and oxygen atoms in total. The fraction of sp³-hybridized carbons (Fsp3) is 0.857. The van der Waals surface area contributed by atoms with E-state index in [1.165, 1.54) is 0 Å². The van der Waals surface area contributed by atoms with Crippen LogP contribution in [-0.2, 0) is 4.79 Å². The van der Waals surface area contributed by atoms with Crippen LogP contribution in [0.5, 0.6) is 0 Å². The Morgan fingerprint density at radius 2 is 2.10 bits per heavy atom. The summed E-state index contributed by atoms with van der Waals surface area (Å²) in [5.41, 5.74) is -0.117. The van der Waals surface area contributed by atoms with E-state index in [-0.39, 0.29) is 12.1 Å². The van der Waals surface area contributed by atoms with Crippen molar-refractivity contribution in [1.82, 2.24) is 5.32 Å². The van der Waals surface area contributed by atoms with Crippen molar-refractivity contribution in [2.45, 2.75) is 32.4 Å². The van der Waals surface area contributed by atoms with Gasteiger partial charge in [-0.25, -0.2) is 0 Å². The lowest BCUT2D eigenvalue weighted by molar-refractivity contribution is -0.110. The summed E-state index contributed by atoms with van der Waals surface area (Å²) >= 11 is 0. The van der Waals surface area contributed by atoms with Gasteiger partial charge in [0, 0.05) is 5.54 Å². The van der Waals surface area contributed by atoms with Gasteiger partial charge in [0.25, 0.3) is 0 Å². The molecule has 0 fully saturated rings. The Labute approximate surface area is 61.4 Å².